The normalized spacial score (nSPS) is 12.5. The van der Waals surface area contributed by atoms with E-state index in [0.717, 1.165) is 0 Å². The van der Waals surface area contributed by atoms with Gasteiger partial charge in [-0.1, -0.05) is 22.9 Å². The van der Waals surface area contributed by atoms with Gasteiger partial charge in [0, 0.05) is 23.4 Å². The van der Waals surface area contributed by atoms with Crippen LogP contribution < -0.4 is 5.73 Å². The third-order valence-corrected chi connectivity index (χ3v) is 2.66. The van der Waals surface area contributed by atoms with E-state index in [1.54, 1.807) is 13.0 Å². The zero-order valence-electron chi connectivity index (χ0n) is 8.47. The Morgan fingerprint density at radius 2 is 2.20 bits per heavy atom. The zero-order chi connectivity index (χ0) is 11.4. The molecule has 1 aromatic carbocycles. The second kappa shape index (κ2) is 5.37. The molecule has 1 aromatic rings. The van der Waals surface area contributed by atoms with Crippen LogP contribution in [0.25, 0.3) is 0 Å². The fourth-order valence-corrected chi connectivity index (χ4v) is 1.73. The number of Topliss-reactive ketones (excluding diaryl/α,β-unsaturated/α-hetero) is 1. The molecule has 2 N–H and O–H groups in total. The molecule has 0 radical (unpaired) electrons. The summed E-state index contributed by atoms with van der Waals surface area (Å²) in [6, 6.07) is 4.47. The van der Waals surface area contributed by atoms with Gasteiger partial charge in [0.2, 0.25) is 0 Å². The summed E-state index contributed by atoms with van der Waals surface area (Å²) >= 11 is 3.18. The Labute approximate surface area is 96.8 Å². The summed E-state index contributed by atoms with van der Waals surface area (Å²) in [5, 5.41) is 0. The van der Waals surface area contributed by atoms with Crippen molar-refractivity contribution in [1.82, 2.24) is 0 Å². The Morgan fingerprint density at radius 3 is 2.73 bits per heavy atom. The molecule has 4 heteroatoms. The van der Waals surface area contributed by atoms with Crippen LogP contribution in [0.15, 0.2) is 22.7 Å². The maximum Gasteiger partial charge on any atom is 0.141 e. The first kappa shape index (κ1) is 12.3. The lowest BCUT2D eigenvalue weighted by molar-refractivity contribution is -0.121. The van der Waals surface area contributed by atoms with E-state index in [2.05, 4.69) is 15.9 Å². The number of carbonyl (C=O) groups excluding carboxylic acids is 1. The Hall–Kier alpha value is -0.740. The second-order valence-corrected chi connectivity index (χ2v) is 4.47. The summed E-state index contributed by atoms with van der Waals surface area (Å²) in [5.41, 5.74) is 6.06. The zero-order valence-corrected chi connectivity index (χ0v) is 10.1. The van der Waals surface area contributed by atoms with Crippen LogP contribution in [0.4, 0.5) is 4.39 Å². The molecule has 1 unspecified atom stereocenters. The quantitative estimate of drug-likeness (QED) is 0.915. The maximum atomic E-state index is 13.0. The van der Waals surface area contributed by atoms with Crippen LogP contribution in [0.1, 0.15) is 12.5 Å². The molecule has 0 spiro atoms. The van der Waals surface area contributed by atoms with E-state index in [9.17, 15) is 9.18 Å². The molecular formula is C11H13BrFNO. The fraction of sp³-hybridized carbons (Fsp3) is 0.364. The Bertz CT molecular complexity index is 347. The summed E-state index contributed by atoms with van der Waals surface area (Å²) in [5.74, 6) is -0.477. The minimum atomic E-state index is -0.340. The molecule has 0 aliphatic carbocycles. The van der Waals surface area contributed by atoms with E-state index in [-0.39, 0.29) is 23.9 Å². The van der Waals surface area contributed by atoms with Gasteiger partial charge < -0.3 is 5.73 Å². The molecule has 0 bridgehead atoms. The van der Waals surface area contributed by atoms with Gasteiger partial charge in [0.25, 0.3) is 0 Å². The lowest BCUT2D eigenvalue weighted by Crippen LogP contribution is -2.22. The molecular weight excluding hydrogens is 261 g/mol. The van der Waals surface area contributed by atoms with E-state index in [1.165, 1.54) is 12.1 Å². The van der Waals surface area contributed by atoms with Gasteiger partial charge in [-0.05, 0) is 23.8 Å². The minimum absolute atomic E-state index is 0.0370. The molecule has 0 heterocycles. The van der Waals surface area contributed by atoms with Gasteiger partial charge in [0.1, 0.15) is 11.6 Å². The monoisotopic (exact) mass is 273 g/mol. The standard InChI is InChI=1S/C11H13BrFNO/c1-7(6-14)11(15)4-8-2-9(12)5-10(13)3-8/h2-3,5,7H,4,6,14H2,1H3. The van der Waals surface area contributed by atoms with E-state index in [1.807, 2.05) is 0 Å². The molecule has 15 heavy (non-hydrogen) atoms. The van der Waals surface area contributed by atoms with Crippen LogP contribution in [0.5, 0.6) is 0 Å². The predicted molar refractivity (Wildman–Crippen MR) is 61.0 cm³/mol. The van der Waals surface area contributed by atoms with Crippen molar-refractivity contribution in [2.75, 3.05) is 6.54 Å². The van der Waals surface area contributed by atoms with Crippen molar-refractivity contribution in [3.63, 3.8) is 0 Å². The summed E-state index contributed by atoms with van der Waals surface area (Å²) in [6.45, 7) is 2.10. The van der Waals surface area contributed by atoms with Crippen LogP contribution in [0.2, 0.25) is 0 Å². The molecule has 82 valence electrons. The van der Waals surface area contributed by atoms with Crippen molar-refractivity contribution in [3.05, 3.63) is 34.1 Å². The lowest BCUT2D eigenvalue weighted by atomic mass is 10.00. The lowest BCUT2D eigenvalue weighted by Gasteiger charge is -2.07. The van der Waals surface area contributed by atoms with Crippen molar-refractivity contribution in [1.29, 1.82) is 0 Å². The highest BCUT2D eigenvalue weighted by Crippen LogP contribution is 2.16. The van der Waals surface area contributed by atoms with E-state index in [0.29, 0.717) is 16.6 Å². The molecule has 2 nitrogen and oxygen atoms in total. The maximum absolute atomic E-state index is 13.0. The fourth-order valence-electron chi connectivity index (χ4n) is 1.22. The Kier molecular flexibility index (Phi) is 4.42. The van der Waals surface area contributed by atoms with Gasteiger partial charge in [-0.15, -0.1) is 0 Å². The van der Waals surface area contributed by atoms with Crippen molar-refractivity contribution in [3.8, 4) is 0 Å². The second-order valence-electron chi connectivity index (χ2n) is 3.56. The molecule has 0 aliphatic heterocycles. The van der Waals surface area contributed by atoms with Gasteiger partial charge >= 0.3 is 0 Å². The van der Waals surface area contributed by atoms with Crippen LogP contribution in [0.3, 0.4) is 0 Å². The Morgan fingerprint density at radius 1 is 1.53 bits per heavy atom. The number of rotatable bonds is 4. The number of nitrogens with two attached hydrogens (primary N) is 1. The van der Waals surface area contributed by atoms with Crippen molar-refractivity contribution in [2.24, 2.45) is 11.7 Å². The van der Waals surface area contributed by atoms with Crippen LogP contribution in [-0.4, -0.2) is 12.3 Å². The third-order valence-electron chi connectivity index (χ3n) is 2.20. The minimum Gasteiger partial charge on any atom is -0.330 e. The number of benzene rings is 1. The molecule has 0 saturated heterocycles. The molecule has 0 aliphatic rings. The molecule has 1 atom stereocenters. The van der Waals surface area contributed by atoms with Crippen molar-refractivity contribution >= 4 is 21.7 Å². The van der Waals surface area contributed by atoms with Crippen LogP contribution >= 0.6 is 15.9 Å². The highest BCUT2D eigenvalue weighted by atomic mass is 79.9. The first-order valence-corrected chi connectivity index (χ1v) is 5.50. The summed E-state index contributed by atoms with van der Waals surface area (Å²) in [7, 11) is 0. The van der Waals surface area contributed by atoms with Gasteiger partial charge in [-0.25, -0.2) is 4.39 Å². The van der Waals surface area contributed by atoms with Gasteiger partial charge in [0.15, 0.2) is 0 Å². The summed E-state index contributed by atoms with van der Waals surface area (Å²) < 4.78 is 13.6. The number of carbonyl (C=O) groups is 1. The third kappa shape index (κ3) is 3.72. The summed E-state index contributed by atoms with van der Waals surface area (Å²) in [4.78, 5) is 11.5. The SMILES string of the molecule is CC(CN)C(=O)Cc1cc(F)cc(Br)c1. The molecule has 0 saturated carbocycles. The molecule has 0 aromatic heterocycles. The van der Waals surface area contributed by atoms with Gasteiger partial charge in [0.05, 0.1) is 0 Å². The van der Waals surface area contributed by atoms with E-state index >= 15 is 0 Å². The molecule has 0 amide bonds. The first-order valence-electron chi connectivity index (χ1n) is 4.70. The van der Waals surface area contributed by atoms with Crippen molar-refractivity contribution in [2.45, 2.75) is 13.3 Å². The van der Waals surface area contributed by atoms with Crippen LogP contribution in [-0.2, 0) is 11.2 Å². The highest BCUT2D eigenvalue weighted by molar-refractivity contribution is 9.10. The first-order chi connectivity index (χ1) is 7.02. The van der Waals surface area contributed by atoms with E-state index < -0.39 is 0 Å². The number of hydrogen-bond acceptors (Lipinski definition) is 2. The predicted octanol–water partition coefficient (Wildman–Crippen LogP) is 2.29. The average molecular weight is 274 g/mol. The number of hydrogen-bond donors (Lipinski definition) is 1. The Balaban J connectivity index is 2.76. The van der Waals surface area contributed by atoms with Crippen LogP contribution in [0, 0.1) is 11.7 Å². The number of halogens is 2. The van der Waals surface area contributed by atoms with E-state index in [4.69, 9.17) is 5.73 Å². The average Bonchev–Trinajstić information content (AvgIpc) is 2.14. The number of ketones is 1. The van der Waals surface area contributed by atoms with Crippen molar-refractivity contribution < 1.29 is 9.18 Å². The highest BCUT2D eigenvalue weighted by Gasteiger charge is 2.12. The smallest absolute Gasteiger partial charge is 0.141 e. The largest absolute Gasteiger partial charge is 0.330 e. The van der Waals surface area contributed by atoms with Gasteiger partial charge in [-0.2, -0.15) is 0 Å². The molecule has 0 fully saturated rings. The molecule has 1 rings (SSSR count). The topological polar surface area (TPSA) is 43.1 Å². The summed E-state index contributed by atoms with van der Waals surface area (Å²) in [6.07, 6.45) is 0.231. The van der Waals surface area contributed by atoms with Gasteiger partial charge in [-0.3, -0.25) is 4.79 Å².